The molecule has 0 N–H and O–H groups in total. The zero-order valence-electron chi connectivity index (χ0n) is 10.5. The highest BCUT2D eigenvalue weighted by molar-refractivity contribution is 6.03. The maximum absolute atomic E-state index is 11.8. The Balaban J connectivity index is 2.36. The lowest BCUT2D eigenvalue weighted by Gasteiger charge is -2.30. The van der Waals surface area contributed by atoms with Crippen molar-refractivity contribution in [2.45, 2.75) is 13.0 Å². The number of carbonyl (C=O) groups is 2. The molecule has 7 heteroatoms. The summed E-state index contributed by atoms with van der Waals surface area (Å²) in [5, 5.41) is 3.23. The number of rotatable bonds is 3. The van der Waals surface area contributed by atoms with E-state index < -0.39 is 6.10 Å². The van der Waals surface area contributed by atoms with E-state index >= 15 is 0 Å². The standard InChI is InChI=1S/C12H12N4O3/c1-7-12(18)16(2)9-5-8(3-4-11(9)19-7)10(17)6-14-15-13/h3-5,7H,6H2,1-2H3. The van der Waals surface area contributed by atoms with E-state index in [0.29, 0.717) is 17.0 Å². The molecule has 0 bridgehead atoms. The SMILES string of the molecule is CC1Oc2ccc(C(=O)CN=[N+]=[N-])cc2N(C)C1=O. The highest BCUT2D eigenvalue weighted by Gasteiger charge is 2.29. The fourth-order valence-electron chi connectivity index (χ4n) is 1.87. The molecule has 7 nitrogen and oxygen atoms in total. The molecule has 0 radical (unpaired) electrons. The van der Waals surface area contributed by atoms with Gasteiger partial charge in [0.05, 0.1) is 12.2 Å². The van der Waals surface area contributed by atoms with Crippen LogP contribution in [0.2, 0.25) is 0 Å². The molecule has 98 valence electrons. The summed E-state index contributed by atoms with van der Waals surface area (Å²) < 4.78 is 5.45. The smallest absolute Gasteiger partial charge is 0.267 e. The molecule has 1 amide bonds. The van der Waals surface area contributed by atoms with Crippen molar-refractivity contribution in [3.8, 4) is 5.75 Å². The number of carbonyl (C=O) groups excluding carboxylic acids is 2. The van der Waals surface area contributed by atoms with Gasteiger partial charge in [0.25, 0.3) is 5.91 Å². The predicted octanol–water partition coefficient (Wildman–Crippen LogP) is 1.92. The fourth-order valence-corrected chi connectivity index (χ4v) is 1.87. The van der Waals surface area contributed by atoms with Crippen LogP contribution in [0.3, 0.4) is 0 Å². The van der Waals surface area contributed by atoms with Crippen molar-refractivity contribution in [2.75, 3.05) is 18.5 Å². The van der Waals surface area contributed by atoms with Crippen LogP contribution in [-0.2, 0) is 4.79 Å². The van der Waals surface area contributed by atoms with Gasteiger partial charge in [-0.2, -0.15) is 0 Å². The van der Waals surface area contributed by atoms with Crippen LogP contribution < -0.4 is 9.64 Å². The van der Waals surface area contributed by atoms with E-state index in [-0.39, 0.29) is 18.2 Å². The van der Waals surface area contributed by atoms with Crippen molar-refractivity contribution in [1.29, 1.82) is 0 Å². The lowest BCUT2D eigenvalue weighted by Crippen LogP contribution is -2.42. The van der Waals surface area contributed by atoms with Gasteiger partial charge in [0, 0.05) is 17.5 Å². The van der Waals surface area contributed by atoms with Crippen molar-refractivity contribution in [1.82, 2.24) is 0 Å². The second-order valence-electron chi connectivity index (χ2n) is 4.15. The molecule has 19 heavy (non-hydrogen) atoms. The molecule has 1 aromatic rings. The van der Waals surface area contributed by atoms with Gasteiger partial charge in [0.15, 0.2) is 11.9 Å². The Kier molecular flexibility index (Phi) is 3.39. The molecule has 1 aliphatic rings. The minimum atomic E-state index is -0.540. The fraction of sp³-hybridized carbons (Fsp3) is 0.333. The average Bonchev–Trinajstić information content (AvgIpc) is 2.42. The van der Waals surface area contributed by atoms with Crippen LogP contribution in [-0.4, -0.2) is 31.4 Å². The highest BCUT2D eigenvalue weighted by Crippen LogP contribution is 2.33. The number of ether oxygens (including phenoxy) is 1. The summed E-state index contributed by atoms with van der Waals surface area (Å²) in [6.07, 6.45) is -0.540. The Morgan fingerprint density at radius 2 is 2.32 bits per heavy atom. The number of likely N-dealkylation sites (N-methyl/N-ethyl adjacent to an activating group) is 1. The molecule has 0 aromatic heterocycles. The predicted molar refractivity (Wildman–Crippen MR) is 68.3 cm³/mol. The minimum absolute atomic E-state index is 0.174. The quantitative estimate of drug-likeness (QED) is 0.359. The molecule has 0 aliphatic carbocycles. The second-order valence-corrected chi connectivity index (χ2v) is 4.15. The highest BCUT2D eigenvalue weighted by atomic mass is 16.5. The summed E-state index contributed by atoms with van der Waals surface area (Å²) in [4.78, 5) is 27.5. The van der Waals surface area contributed by atoms with E-state index in [1.165, 1.54) is 4.90 Å². The van der Waals surface area contributed by atoms with Crippen molar-refractivity contribution >= 4 is 17.4 Å². The third-order valence-electron chi connectivity index (χ3n) is 2.90. The molecule has 1 aliphatic heterocycles. The Morgan fingerprint density at radius 3 is 3.00 bits per heavy atom. The van der Waals surface area contributed by atoms with Crippen molar-refractivity contribution in [3.05, 3.63) is 34.2 Å². The number of ketones is 1. The third kappa shape index (κ3) is 2.36. The van der Waals surface area contributed by atoms with Crippen LogP contribution in [0.5, 0.6) is 5.75 Å². The topological polar surface area (TPSA) is 95.4 Å². The molecular formula is C12H12N4O3. The van der Waals surface area contributed by atoms with E-state index in [1.807, 2.05) is 0 Å². The molecule has 1 aromatic carbocycles. The minimum Gasteiger partial charge on any atom is -0.479 e. The lowest BCUT2D eigenvalue weighted by molar-refractivity contribution is -0.125. The number of nitrogens with zero attached hydrogens (tertiary/aromatic N) is 4. The zero-order valence-corrected chi connectivity index (χ0v) is 10.5. The number of anilines is 1. The molecular weight excluding hydrogens is 248 g/mol. The van der Waals surface area contributed by atoms with E-state index in [4.69, 9.17) is 10.3 Å². The average molecular weight is 260 g/mol. The van der Waals surface area contributed by atoms with Gasteiger partial charge in [-0.15, -0.1) is 0 Å². The molecule has 0 saturated carbocycles. The number of amides is 1. The third-order valence-corrected chi connectivity index (χ3v) is 2.90. The van der Waals surface area contributed by atoms with Crippen LogP contribution in [0.1, 0.15) is 17.3 Å². The number of hydrogen-bond acceptors (Lipinski definition) is 4. The van der Waals surface area contributed by atoms with E-state index in [9.17, 15) is 9.59 Å². The Bertz CT molecular complexity index is 593. The first-order valence-electron chi connectivity index (χ1n) is 5.67. The van der Waals surface area contributed by atoms with Crippen LogP contribution in [0.15, 0.2) is 23.3 Å². The van der Waals surface area contributed by atoms with Gasteiger partial charge >= 0.3 is 0 Å². The van der Waals surface area contributed by atoms with Crippen LogP contribution in [0, 0.1) is 0 Å². The maximum Gasteiger partial charge on any atom is 0.267 e. The van der Waals surface area contributed by atoms with Crippen molar-refractivity contribution in [3.63, 3.8) is 0 Å². The van der Waals surface area contributed by atoms with Crippen LogP contribution in [0.4, 0.5) is 5.69 Å². The van der Waals surface area contributed by atoms with Gasteiger partial charge in [0.2, 0.25) is 0 Å². The lowest BCUT2D eigenvalue weighted by atomic mass is 10.1. The van der Waals surface area contributed by atoms with Crippen molar-refractivity contribution < 1.29 is 14.3 Å². The van der Waals surface area contributed by atoms with Crippen LogP contribution in [0.25, 0.3) is 10.4 Å². The molecule has 1 atom stereocenters. The van der Waals surface area contributed by atoms with Gasteiger partial charge < -0.3 is 9.64 Å². The number of hydrogen-bond donors (Lipinski definition) is 0. The molecule has 2 rings (SSSR count). The van der Waals surface area contributed by atoms with E-state index in [1.54, 1.807) is 32.2 Å². The monoisotopic (exact) mass is 260 g/mol. The molecule has 0 spiro atoms. The Morgan fingerprint density at radius 1 is 1.58 bits per heavy atom. The summed E-state index contributed by atoms with van der Waals surface area (Å²) in [7, 11) is 1.63. The molecule has 0 saturated heterocycles. The van der Waals surface area contributed by atoms with Gasteiger partial charge in [-0.3, -0.25) is 9.59 Å². The molecule has 1 unspecified atom stereocenters. The van der Waals surface area contributed by atoms with E-state index in [0.717, 1.165) is 0 Å². The first-order chi connectivity index (χ1) is 9.04. The largest absolute Gasteiger partial charge is 0.479 e. The number of Topliss-reactive ketones (excluding diaryl/α,β-unsaturated/α-hetero) is 1. The summed E-state index contributed by atoms with van der Waals surface area (Å²) >= 11 is 0. The Hall–Kier alpha value is -2.53. The van der Waals surface area contributed by atoms with Crippen molar-refractivity contribution in [2.24, 2.45) is 5.11 Å². The Labute approximate surface area is 109 Å². The number of fused-ring (bicyclic) bond motifs is 1. The van der Waals surface area contributed by atoms with Gasteiger partial charge in [-0.05, 0) is 30.7 Å². The molecule has 1 heterocycles. The summed E-state index contributed by atoms with van der Waals surface area (Å²) in [6.45, 7) is 1.42. The molecule has 0 fully saturated rings. The van der Waals surface area contributed by atoms with E-state index in [2.05, 4.69) is 10.0 Å². The zero-order chi connectivity index (χ0) is 14.0. The van der Waals surface area contributed by atoms with Gasteiger partial charge in [-0.1, -0.05) is 5.11 Å². The summed E-state index contributed by atoms with van der Waals surface area (Å²) in [5.41, 5.74) is 9.11. The summed E-state index contributed by atoms with van der Waals surface area (Å²) in [5.74, 6) is 0.0714. The second kappa shape index (κ2) is 4.99. The van der Waals surface area contributed by atoms with Gasteiger partial charge in [0.1, 0.15) is 5.75 Å². The number of benzene rings is 1. The van der Waals surface area contributed by atoms with Crippen LogP contribution >= 0.6 is 0 Å². The maximum atomic E-state index is 11.8. The van der Waals surface area contributed by atoms with Gasteiger partial charge in [-0.25, -0.2) is 0 Å². The summed E-state index contributed by atoms with van der Waals surface area (Å²) in [6, 6.07) is 4.79. The first-order valence-corrected chi connectivity index (χ1v) is 5.67. The number of azide groups is 1. The first kappa shape index (κ1) is 12.9. The normalized spacial score (nSPS) is 17.3.